The Hall–Kier alpha value is -11.0. The van der Waals surface area contributed by atoms with Crippen LogP contribution in [0.15, 0.2) is 159 Å². The van der Waals surface area contributed by atoms with Crippen molar-refractivity contribution in [2.75, 3.05) is 16.0 Å². The van der Waals surface area contributed by atoms with Crippen molar-refractivity contribution in [2.45, 2.75) is 6.92 Å². The van der Waals surface area contributed by atoms with Crippen LogP contribution in [0.3, 0.4) is 0 Å². The molecule has 0 fully saturated rings. The second-order valence-electron chi connectivity index (χ2n) is 15.6. The summed E-state index contributed by atoms with van der Waals surface area (Å²) in [5.74, 6) is -3.19. The Morgan fingerprint density at radius 3 is 1.42 bits per heavy atom. The first-order chi connectivity index (χ1) is 37.6. The summed E-state index contributed by atoms with van der Waals surface area (Å²) >= 11 is 0. The molecule has 3 N–H and O–H groups in total. The Bertz CT molecular complexity index is 3730. The number of halogens is 7. The van der Waals surface area contributed by atoms with Gasteiger partial charge in [0, 0.05) is 59.0 Å². The Morgan fingerprint density at radius 1 is 0.449 bits per heavy atom. The second-order valence-corrected chi connectivity index (χ2v) is 15.6. The molecule has 0 aliphatic carbocycles. The van der Waals surface area contributed by atoms with Crippen molar-refractivity contribution in [3.8, 4) is 59.2 Å². The topological polar surface area (TPSA) is 192 Å². The van der Waals surface area contributed by atoms with E-state index in [0.29, 0.717) is 11.5 Å². The Kier molecular flexibility index (Phi) is 18.1. The number of nitrogens with zero attached hydrogens (tertiary/aromatic N) is 6. The lowest BCUT2D eigenvalue weighted by Crippen LogP contribution is -2.14. The molecule has 15 nitrogen and oxygen atoms in total. The molecule has 3 heterocycles. The summed E-state index contributed by atoms with van der Waals surface area (Å²) in [5.41, 5.74) is 0.0494. The van der Waals surface area contributed by atoms with Crippen LogP contribution in [0.2, 0.25) is 0 Å². The maximum atomic E-state index is 14.2. The summed E-state index contributed by atoms with van der Waals surface area (Å²) in [7, 11) is 0. The van der Waals surface area contributed by atoms with E-state index >= 15 is 0 Å². The van der Waals surface area contributed by atoms with Gasteiger partial charge in [0.15, 0.2) is 34.6 Å². The number of hydrogen-bond acceptors (Lipinski definition) is 12. The smallest absolute Gasteiger partial charge is 0.258 e. The zero-order valence-electron chi connectivity index (χ0n) is 39.9. The Labute approximate surface area is 438 Å². The van der Waals surface area contributed by atoms with E-state index in [9.17, 15) is 45.1 Å². The molecule has 0 unspecified atom stereocenters. The minimum atomic E-state index is -1.24. The summed E-state index contributed by atoms with van der Waals surface area (Å²) in [4.78, 5) is 59.3. The third-order valence-corrected chi connectivity index (χ3v) is 10.0. The normalized spacial score (nSPS) is 10.2. The molecular weight excluding hydrogens is 1030 g/mol. The summed E-state index contributed by atoms with van der Waals surface area (Å²) in [6.07, 6.45) is 22.4. The number of carbonyl (C=O) groups excluding carboxylic acids is 3. The number of carbonyl (C=O) groups is 3. The lowest BCUT2D eigenvalue weighted by Gasteiger charge is -2.11. The molecule has 3 amide bonds. The van der Waals surface area contributed by atoms with Gasteiger partial charge < -0.3 is 30.2 Å². The van der Waals surface area contributed by atoms with Crippen molar-refractivity contribution in [1.29, 1.82) is 0 Å². The SMILES string of the molecule is C#Cc1cc(C(=O)Nc2cc(F)cc(Oc3cncnc3)c2)ccc1F.C#Cc1cccc(C(=O)Nc2cc(F)cc(Oc3cncnc3)c2)c1F.Cc1cccc(C(=O)Nc2cc(F)c(F)c(Oc3cncnc3)c2)c1F. The number of benzene rings is 6. The number of aryl methyl sites for hydroxylation is 1. The van der Waals surface area contributed by atoms with Gasteiger partial charge in [0.25, 0.3) is 17.7 Å². The van der Waals surface area contributed by atoms with Crippen molar-refractivity contribution in [3.63, 3.8) is 0 Å². The predicted molar refractivity (Wildman–Crippen MR) is 269 cm³/mol. The van der Waals surface area contributed by atoms with Crippen LogP contribution < -0.4 is 30.2 Å². The number of nitrogens with one attached hydrogen (secondary N) is 3. The highest BCUT2D eigenvalue weighted by atomic mass is 19.2. The summed E-state index contributed by atoms with van der Waals surface area (Å²) in [6.45, 7) is 1.51. The van der Waals surface area contributed by atoms with Crippen LogP contribution in [-0.2, 0) is 0 Å². The van der Waals surface area contributed by atoms with E-state index < -0.39 is 64.2 Å². The van der Waals surface area contributed by atoms with Crippen molar-refractivity contribution < 1.29 is 59.3 Å². The number of rotatable bonds is 12. The highest BCUT2D eigenvalue weighted by molar-refractivity contribution is 6.06. The average Bonchev–Trinajstić information content (AvgIpc) is 3.43. The van der Waals surface area contributed by atoms with Gasteiger partial charge in [-0.05, 0) is 61.0 Å². The molecule has 0 bridgehead atoms. The van der Waals surface area contributed by atoms with Gasteiger partial charge in [-0.15, -0.1) is 12.8 Å². The number of terminal acetylenes is 2. The fourth-order valence-corrected chi connectivity index (χ4v) is 6.53. The van der Waals surface area contributed by atoms with Crippen molar-refractivity contribution in [2.24, 2.45) is 0 Å². The van der Waals surface area contributed by atoms with Gasteiger partial charge >= 0.3 is 0 Å². The summed E-state index contributed by atoms with van der Waals surface area (Å²) in [5, 5.41) is 7.26. The number of anilines is 3. The summed E-state index contributed by atoms with van der Waals surface area (Å²) < 4.78 is 113. The monoisotopic (exact) mass is 1060 g/mol. The molecule has 9 rings (SSSR count). The maximum absolute atomic E-state index is 14.2. The average molecular weight is 1060 g/mol. The zero-order chi connectivity index (χ0) is 55.7. The van der Waals surface area contributed by atoms with Gasteiger partial charge in [-0.2, -0.15) is 4.39 Å². The molecule has 6 aromatic carbocycles. The summed E-state index contributed by atoms with van der Waals surface area (Å²) in [6, 6.07) is 21.2. The molecule has 388 valence electrons. The van der Waals surface area contributed by atoms with Gasteiger partial charge in [0.2, 0.25) is 5.82 Å². The fourth-order valence-electron chi connectivity index (χ4n) is 6.53. The highest BCUT2D eigenvalue weighted by Gasteiger charge is 2.19. The molecule has 0 spiro atoms. The van der Waals surface area contributed by atoms with E-state index in [1.165, 1.54) is 124 Å². The molecule has 9 aromatic rings. The molecule has 78 heavy (non-hydrogen) atoms. The highest BCUT2D eigenvalue weighted by Crippen LogP contribution is 2.31. The third kappa shape index (κ3) is 14.8. The van der Waals surface area contributed by atoms with E-state index in [0.717, 1.165) is 42.5 Å². The van der Waals surface area contributed by atoms with Gasteiger partial charge in [-0.1, -0.05) is 30.0 Å². The van der Waals surface area contributed by atoms with E-state index in [1.807, 2.05) is 0 Å². The van der Waals surface area contributed by atoms with Crippen LogP contribution in [0.1, 0.15) is 47.8 Å². The van der Waals surface area contributed by atoms with Gasteiger partial charge in [-0.3, -0.25) is 14.4 Å². The lowest BCUT2D eigenvalue weighted by atomic mass is 10.1. The number of aromatic nitrogens is 6. The molecule has 0 saturated heterocycles. The van der Waals surface area contributed by atoms with Crippen LogP contribution in [0.25, 0.3) is 0 Å². The third-order valence-electron chi connectivity index (χ3n) is 10.0. The molecule has 22 heteroatoms. The minimum absolute atomic E-state index is 0.0370. The van der Waals surface area contributed by atoms with Crippen molar-refractivity contribution in [3.05, 3.63) is 233 Å². The first-order valence-electron chi connectivity index (χ1n) is 22.2. The molecule has 3 aromatic heterocycles. The maximum Gasteiger partial charge on any atom is 0.258 e. The zero-order valence-corrected chi connectivity index (χ0v) is 39.9. The fraction of sp³-hybridized carbons (Fsp3) is 0.0179. The Morgan fingerprint density at radius 2 is 0.910 bits per heavy atom. The first kappa shape index (κ1) is 54.8. The predicted octanol–water partition coefficient (Wildman–Crippen LogP) is 11.8. The quantitative estimate of drug-likeness (QED) is 0.0776. The van der Waals surface area contributed by atoms with Crippen LogP contribution >= 0.6 is 0 Å². The number of amides is 3. The van der Waals surface area contributed by atoms with Crippen molar-refractivity contribution in [1.82, 2.24) is 29.9 Å². The molecule has 0 atom stereocenters. The Balaban J connectivity index is 0.000000170. The van der Waals surface area contributed by atoms with Crippen molar-refractivity contribution >= 4 is 34.8 Å². The van der Waals surface area contributed by atoms with E-state index in [4.69, 9.17) is 27.1 Å². The molecular formula is C56H34F7N9O6. The first-order valence-corrected chi connectivity index (χ1v) is 22.2. The van der Waals surface area contributed by atoms with Crippen LogP contribution in [0, 0.1) is 72.3 Å². The van der Waals surface area contributed by atoms with Gasteiger partial charge in [0.1, 0.15) is 53.7 Å². The van der Waals surface area contributed by atoms with Gasteiger partial charge in [-0.25, -0.2) is 56.2 Å². The van der Waals surface area contributed by atoms with E-state index in [2.05, 4.69) is 57.7 Å². The number of ether oxygens (including phenoxy) is 3. The van der Waals surface area contributed by atoms with Crippen LogP contribution in [0.5, 0.6) is 34.5 Å². The van der Waals surface area contributed by atoms with Gasteiger partial charge in [0.05, 0.1) is 59.4 Å². The second kappa shape index (κ2) is 25.8. The van der Waals surface area contributed by atoms with Crippen LogP contribution in [-0.4, -0.2) is 47.6 Å². The minimum Gasteiger partial charge on any atom is -0.454 e. The molecule has 0 radical (unpaired) electrons. The van der Waals surface area contributed by atoms with E-state index in [1.54, 1.807) is 0 Å². The largest absolute Gasteiger partial charge is 0.454 e. The molecule has 0 saturated carbocycles. The standard InChI is InChI=1S/2C19H11F2N3O2.C18H12F3N3O2/c1-2-12-5-13(3-4-18(12)21)19(25)24-15-6-14(20)7-16(8-15)26-17-9-22-11-23-10-17;1-2-12-4-3-5-17(18(12)21)19(25)24-14-6-13(20)7-15(8-14)26-16-9-22-11-23-10-16;1-10-3-2-4-13(16(10)20)18(25)24-11-5-14(19)17(21)15(6-11)26-12-7-22-9-23-8-12/h2*1,3-11H,(H,24,25);2-9H,1H3,(H,24,25). The lowest BCUT2D eigenvalue weighted by molar-refractivity contribution is 0.101. The molecule has 0 aliphatic rings. The van der Waals surface area contributed by atoms with Crippen LogP contribution in [0.4, 0.5) is 47.8 Å². The van der Waals surface area contributed by atoms with E-state index in [-0.39, 0.29) is 67.7 Å². The number of hydrogen-bond donors (Lipinski definition) is 3. The molecule has 0 aliphatic heterocycles.